The molecule has 10 nitrogen and oxygen atoms in total. The van der Waals surface area contributed by atoms with Crippen LogP contribution >= 0.6 is 0 Å². The Morgan fingerprint density at radius 1 is 0.810 bits per heavy atom. The van der Waals surface area contributed by atoms with Crippen LogP contribution in [0.2, 0.25) is 0 Å². The molecule has 0 aromatic carbocycles. The van der Waals surface area contributed by atoms with Gasteiger partial charge in [-0.2, -0.15) is 0 Å². The first-order chi connectivity index (χ1) is 19.6. The van der Waals surface area contributed by atoms with Crippen molar-refractivity contribution in [3.8, 4) is 0 Å². The Morgan fingerprint density at radius 3 is 2.10 bits per heavy atom. The summed E-state index contributed by atoms with van der Waals surface area (Å²) in [7, 11) is 5.82. The molecule has 0 aromatic heterocycles. The Bertz CT molecular complexity index is 930. The smallest absolute Gasteiger partial charge is 0.407 e. The van der Waals surface area contributed by atoms with E-state index in [1.54, 1.807) is 7.11 Å². The number of ketones is 1. The lowest BCUT2D eigenvalue weighted by molar-refractivity contribution is -0.282. The molecule has 3 saturated heterocycles. The average molecular weight is 597 g/mol. The fourth-order valence-electron chi connectivity index (χ4n) is 7.61. The summed E-state index contributed by atoms with van der Waals surface area (Å²) in [6.45, 7) is 16.3. The van der Waals surface area contributed by atoms with Gasteiger partial charge in [0.1, 0.15) is 11.9 Å². The molecule has 0 radical (unpaired) electrons. The van der Waals surface area contributed by atoms with Crippen LogP contribution in [0.25, 0.3) is 0 Å². The maximum Gasteiger partial charge on any atom is 0.407 e. The summed E-state index contributed by atoms with van der Waals surface area (Å²) in [6, 6.07) is -0.162. The summed E-state index contributed by atoms with van der Waals surface area (Å²) in [5.41, 5.74) is 0. The molecule has 3 heterocycles. The number of cyclic esters (lactones) is 1. The van der Waals surface area contributed by atoms with Gasteiger partial charge in [0.05, 0.1) is 36.9 Å². The Morgan fingerprint density at radius 2 is 1.48 bits per heavy atom. The van der Waals surface area contributed by atoms with Gasteiger partial charge in [-0.1, -0.05) is 41.5 Å². The molecule has 3 aliphatic rings. The third-order valence-corrected chi connectivity index (χ3v) is 9.93. The molecule has 3 rings (SSSR count). The SMILES string of the molecule is CO[C@@H]1[C@@H](OC2OC(C)C(C)C(N(C)C)C2C)[C@@H](C)C[C@@H](C)C(=O)C[C@H]2NC(=O)O[C@@H]2[C@@H](C)C[C@@H](C)OC(=O)C[C@H]1C. The molecule has 14 atom stereocenters. The molecule has 1 N–H and O–H groups in total. The Kier molecular flexibility index (Phi) is 12.3. The number of fused-ring (bicyclic) bond motifs is 1. The summed E-state index contributed by atoms with van der Waals surface area (Å²) in [5.74, 6) is -0.496. The number of nitrogens with one attached hydrogen (secondary N) is 1. The van der Waals surface area contributed by atoms with Gasteiger partial charge >= 0.3 is 12.1 Å². The van der Waals surface area contributed by atoms with Crippen LogP contribution in [0.1, 0.15) is 81.1 Å². The average Bonchev–Trinajstić information content (AvgIpc) is 3.25. The van der Waals surface area contributed by atoms with Crippen LogP contribution in [0.15, 0.2) is 0 Å². The summed E-state index contributed by atoms with van der Waals surface area (Å²) in [4.78, 5) is 41.0. The quantitative estimate of drug-likeness (QED) is 0.471. The van der Waals surface area contributed by atoms with Crippen molar-refractivity contribution in [1.82, 2.24) is 10.2 Å². The normalized spacial score (nSPS) is 44.7. The fourth-order valence-corrected chi connectivity index (χ4v) is 7.61. The van der Waals surface area contributed by atoms with Crippen LogP contribution in [0.3, 0.4) is 0 Å². The van der Waals surface area contributed by atoms with Gasteiger partial charge in [-0.25, -0.2) is 4.79 Å². The zero-order valence-electron chi connectivity index (χ0n) is 27.6. The van der Waals surface area contributed by atoms with Gasteiger partial charge in [-0.15, -0.1) is 0 Å². The zero-order valence-corrected chi connectivity index (χ0v) is 27.6. The minimum absolute atomic E-state index is 0.00494. The van der Waals surface area contributed by atoms with E-state index >= 15 is 0 Å². The number of hydrogen-bond donors (Lipinski definition) is 1. The van der Waals surface area contributed by atoms with Crippen molar-refractivity contribution < 1.29 is 38.1 Å². The van der Waals surface area contributed by atoms with Gasteiger partial charge in [-0.3, -0.25) is 9.59 Å². The second-order valence-corrected chi connectivity index (χ2v) is 13.8. The predicted molar refractivity (Wildman–Crippen MR) is 159 cm³/mol. The Hall–Kier alpha value is -1.75. The molecular weight excluding hydrogens is 540 g/mol. The van der Waals surface area contributed by atoms with Gasteiger partial charge in [0, 0.05) is 31.4 Å². The first kappa shape index (κ1) is 34.7. The summed E-state index contributed by atoms with van der Waals surface area (Å²) in [6.07, 6.45) is -1.28. The van der Waals surface area contributed by atoms with E-state index < -0.39 is 36.7 Å². The molecule has 0 bridgehead atoms. The van der Waals surface area contributed by atoms with Crippen LogP contribution in [-0.2, 0) is 33.3 Å². The number of rotatable bonds is 4. The molecule has 0 aliphatic carbocycles. The van der Waals surface area contributed by atoms with Crippen LogP contribution < -0.4 is 5.32 Å². The highest BCUT2D eigenvalue weighted by atomic mass is 16.7. The van der Waals surface area contributed by atoms with Gasteiger partial charge < -0.3 is 33.9 Å². The van der Waals surface area contributed by atoms with E-state index in [0.29, 0.717) is 18.8 Å². The molecule has 3 aliphatic heterocycles. The third kappa shape index (κ3) is 8.24. The standard InChI is InChI=1S/C32H56N2O8/c1-16-12-17(2)30(41-31-22(7)27(34(9)10)21(6)23(8)40-31)29(38-11)19(4)14-26(36)39-20(5)13-18(3)28-24(15-25(16)35)33-32(37)42-28/h16-24,27-31H,12-15H2,1-11H3,(H,33,37)/t16-,17+,18+,19-,20-,21?,22?,23?,24-,27?,28-,29+,30+,31?/m1/s1. The second kappa shape index (κ2) is 14.8. The molecule has 0 aromatic rings. The number of Topliss-reactive ketones (excluding diaryl/α,β-unsaturated/α-hetero) is 1. The van der Waals surface area contributed by atoms with Crippen molar-refractivity contribution in [3.05, 3.63) is 0 Å². The molecule has 0 saturated carbocycles. The third-order valence-electron chi connectivity index (χ3n) is 9.93. The number of methoxy groups -OCH3 is 1. The van der Waals surface area contributed by atoms with E-state index in [0.717, 1.165) is 0 Å². The number of ether oxygens (including phenoxy) is 5. The van der Waals surface area contributed by atoms with Crippen LogP contribution in [0, 0.1) is 35.5 Å². The fraction of sp³-hybridized carbons (Fsp3) is 0.906. The first-order valence-electron chi connectivity index (χ1n) is 15.8. The summed E-state index contributed by atoms with van der Waals surface area (Å²) in [5, 5.41) is 2.83. The molecule has 0 spiro atoms. The highest BCUT2D eigenvalue weighted by molar-refractivity contribution is 5.82. The van der Waals surface area contributed by atoms with Crippen LogP contribution in [0.4, 0.5) is 4.79 Å². The van der Waals surface area contributed by atoms with E-state index in [1.807, 2.05) is 27.7 Å². The van der Waals surface area contributed by atoms with Crippen molar-refractivity contribution in [1.29, 1.82) is 0 Å². The van der Waals surface area contributed by atoms with E-state index in [-0.39, 0.29) is 72.4 Å². The second-order valence-electron chi connectivity index (χ2n) is 13.8. The lowest BCUT2D eigenvalue weighted by Crippen LogP contribution is -2.56. The minimum atomic E-state index is -0.514. The molecular formula is C32H56N2O8. The van der Waals surface area contributed by atoms with Gasteiger partial charge in [-0.05, 0) is 64.5 Å². The number of hydrogen-bond acceptors (Lipinski definition) is 9. The van der Waals surface area contributed by atoms with Crippen LogP contribution in [0.5, 0.6) is 0 Å². The Balaban J connectivity index is 1.91. The van der Waals surface area contributed by atoms with Crippen LogP contribution in [-0.4, -0.2) is 92.8 Å². The van der Waals surface area contributed by atoms with E-state index in [1.165, 1.54) is 0 Å². The maximum absolute atomic E-state index is 13.5. The number of carbonyl (C=O) groups is 3. The highest BCUT2D eigenvalue weighted by Gasteiger charge is 2.45. The topological polar surface area (TPSA) is 113 Å². The lowest BCUT2D eigenvalue weighted by atomic mass is 9.81. The van der Waals surface area contributed by atoms with Crippen molar-refractivity contribution in [2.45, 2.75) is 130 Å². The number of alkyl carbamates (subject to hydrolysis) is 1. The number of carbonyl (C=O) groups excluding carboxylic acids is 3. The largest absolute Gasteiger partial charge is 0.463 e. The van der Waals surface area contributed by atoms with Crippen molar-refractivity contribution in [2.75, 3.05) is 21.2 Å². The molecule has 10 heteroatoms. The van der Waals surface area contributed by atoms with E-state index in [4.69, 9.17) is 23.7 Å². The predicted octanol–water partition coefficient (Wildman–Crippen LogP) is 4.43. The Labute approximate surface area is 252 Å². The number of amides is 1. The molecule has 3 fully saturated rings. The van der Waals surface area contributed by atoms with E-state index in [2.05, 4.69) is 52.0 Å². The lowest BCUT2D eigenvalue weighted by Gasteiger charge is -2.48. The van der Waals surface area contributed by atoms with Gasteiger partial charge in [0.25, 0.3) is 0 Å². The van der Waals surface area contributed by atoms with Crippen molar-refractivity contribution in [2.24, 2.45) is 35.5 Å². The number of nitrogens with zero attached hydrogens (tertiary/aromatic N) is 1. The summed E-state index contributed by atoms with van der Waals surface area (Å²) >= 11 is 0. The van der Waals surface area contributed by atoms with Crippen molar-refractivity contribution in [3.63, 3.8) is 0 Å². The number of esters is 1. The monoisotopic (exact) mass is 596 g/mol. The minimum Gasteiger partial charge on any atom is -0.463 e. The molecule has 5 unspecified atom stereocenters. The molecule has 242 valence electrons. The molecule has 42 heavy (non-hydrogen) atoms. The first-order valence-corrected chi connectivity index (χ1v) is 15.8. The van der Waals surface area contributed by atoms with E-state index in [9.17, 15) is 14.4 Å². The zero-order chi connectivity index (χ0) is 31.5. The maximum atomic E-state index is 13.5. The van der Waals surface area contributed by atoms with Gasteiger partial charge in [0.2, 0.25) is 0 Å². The van der Waals surface area contributed by atoms with Crippen molar-refractivity contribution >= 4 is 17.8 Å². The molecule has 1 amide bonds. The van der Waals surface area contributed by atoms with Gasteiger partial charge in [0.15, 0.2) is 6.29 Å². The summed E-state index contributed by atoms with van der Waals surface area (Å²) < 4.78 is 30.7. The highest BCUT2D eigenvalue weighted by Crippen LogP contribution is 2.37.